The summed E-state index contributed by atoms with van der Waals surface area (Å²) in [6, 6.07) is -0.411. The predicted octanol–water partition coefficient (Wildman–Crippen LogP) is 1.70. The Morgan fingerprint density at radius 3 is 2.65 bits per heavy atom. The highest BCUT2D eigenvalue weighted by molar-refractivity contribution is 7.99. The number of thioether (sulfide) groups is 1. The molecule has 1 aromatic rings. The summed E-state index contributed by atoms with van der Waals surface area (Å²) in [5.74, 6) is -0.680. The number of aryl methyl sites for hydroxylation is 1. The number of carbonyl (C=O) groups is 2. The number of nitrogens with zero attached hydrogens (tertiary/aromatic N) is 2. The fourth-order valence-electron chi connectivity index (χ4n) is 1.58. The Kier molecular flexibility index (Phi) is 6.06. The van der Waals surface area contributed by atoms with E-state index in [1.54, 1.807) is 17.7 Å². The van der Waals surface area contributed by atoms with Crippen molar-refractivity contribution in [2.75, 3.05) is 12.3 Å². The number of nitrogens with one attached hydrogen (secondary N) is 1. The van der Waals surface area contributed by atoms with Gasteiger partial charge in [-0.3, -0.25) is 9.59 Å². The van der Waals surface area contributed by atoms with Gasteiger partial charge in [-0.1, -0.05) is 25.6 Å². The first-order chi connectivity index (χ1) is 9.31. The van der Waals surface area contributed by atoms with E-state index in [0.717, 1.165) is 17.5 Å². The summed E-state index contributed by atoms with van der Waals surface area (Å²) < 4.78 is 1.72. The van der Waals surface area contributed by atoms with E-state index in [9.17, 15) is 9.59 Å². The van der Waals surface area contributed by atoms with Gasteiger partial charge in [0.2, 0.25) is 5.91 Å². The van der Waals surface area contributed by atoms with E-state index in [2.05, 4.69) is 10.3 Å². The lowest BCUT2D eigenvalue weighted by Gasteiger charge is -2.16. The average molecular weight is 299 g/mol. The van der Waals surface area contributed by atoms with Crippen LogP contribution in [0.5, 0.6) is 0 Å². The Bertz CT molecular complexity index is 485. The highest BCUT2D eigenvalue weighted by atomic mass is 32.2. The zero-order valence-corrected chi connectivity index (χ0v) is 13.0. The molecule has 1 rings (SSSR count). The molecule has 0 saturated carbocycles. The maximum atomic E-state index is 12.1. The summed E-state index contributed by atoms with van der Waals surface area (Å²) in [4.78, 5) is 27.0. The van der Waals surface area contributed by atoms with E-state index in [4.69, 9.17) is 5.11 Å². The van der Waals surface area contributed by atoms with Gasteiger partial charge < -0.3 is 15.0 Å². The van der Waals surface area contributed by atoms with E-state index < -0.39 is 12.0 Å². The lowest BCUT2D eigenvalue weighted by Crippen LogP contribution is -2.33. The zero-order chi connectivity index (χ0) is 15.3. The van der Waals surface area contributed by atoms with E-state index in [1.165, 1.54) is 0 Å². The van der Waals surface area contributed by atoms with Gasteiger partial charge in [-0.2, -0.15) is 0 Å². The van der Waals surface area contributed by atoms with Crippen LogP contribution in [0.2, 0.25) is 0 Å². The van der Waals surface area contributed by atoms with Crippen LogP contribution in [0.3, 0.4) is 0 Å². The summed E-state index contributed by atoms with van der Waals surface area (Å²) in [5, 5.41) is 12.1. The van der Waals surface area contributed by atoms with E-state index >= 15 is 0 Å². The number of hydrogen-bond acceptors (Lipinski definition) is 4. The maximum absolute atomic E-state index is 12.1. The number of rotatable bonds is 7. The lowest BCUT2D eigenvalue weighted by atomic mass is 10.2. The Balaban J connectivity index is 2.78. The third kappa shape index (κ3) is 4.88. The minimum absolute atomic E-state index is 0.0726. The SMILES string of the molecule is Cc1cn(C(C)C(=O)NCC(C)C)c(SCC(=O)O)n1. The van der Waals surface area contributed by atoms with Crippen LogP contribution < -0.4 is 5.32 Å². The van der Waals surface area contributed by atoms with Crippen molar-refractivity contribution in [2.24, 2.45) is 5.92 Å². The number of aliphatic carboxylic acids is 1. The van der Waals surface area contributed by atoms with Crippen LogP contribution in [0, 0.1) is 12.8 Å². The van der Waals surface area contributed by atoms with Gasteiger partial charge in [0.15, 0.2) is 5.16 Å². The minimum Gasteiger partial charge on any atom is -0.481 e. The monoisotopic (exact) mass is 299 g/mol. The van der Waals surface area contributed by atoms with Crippen molar-refractivity contribution in [1.82, 2.24) is 14.9 Å². The van der Waals surface area contributed by atoms with Crippen LogP contribution in [0.25, 0.3) is 0 Å². The standard InChI is InChI=1S/C13H21N3O3S/c1-8(2)5-14-12(19)10(4)16-6-9(3)15-13(16)20-7-11(17)18/h6,8,10H,5,7H2,1-4H3,(H,14,19)(H,17,18). The molecule has 1 heterocycles. The van der Waals surface area contributed by atoms with Gasteiger partial charge >= 0.3 is 5.97 Å². The quantitative estimate of drug-likeness (QED) is 0.749. The molecule has 0 aliphatic carbocycles. The van der Waals surface area contributed by atoms with E-state index in [0.29, 0.717) is 17.6 Å². The van der Waals surface area contributed by atoms with Crippen LogP contribution in [0.15, 0.2) is 11.4 Å². The summed E-state index contributed by atoms with van der Waals surface area (Å²) in [7, 11) is 0. The molecule has 0 fully saturated rings. The molecule has 0 aliphatic heterocycles. The molecule has 20 heavy (non-hydrogen) atoms. The molecule has 2 N–H and O–H groups in total. The molecule has 0 radical (unpaired) electrons. The highest BCUT2D eigenvalue weighted by Gasteiger charge is 2.19. The van der Waals surface area contributed by atoms with Crippen LogP contribution in [0.1, 0.15) is 32.5 Å². The number of carboxylic acid groups (broad SMARTS) is 1. The van der Waals surface area contributed by atoms with Crippen molar-refractivity contribution in [2.45, 2.75) is 38.9 Å². The Morgan fingerprint density at radius 2 is 2.10 bits per heavy atom. The molecule has 0 aliphatic rings. The molecule has 0 bridgehead atoms. The second kappa shape index (κ2) is 7.33. The van der Waals surface area contributed by atoms with Gasteiger partial charge in [0.05, 0.1) is 11.4 Å². The first kappa shape index (κ1) is 16.6. The molecule has 1 aromatic heterocycles. The van der Waals surface area contributed by atoms with Crippen molar-refractivity contribution in [1.29, 1.82) is 0 Å². The fourth-order valence-corrected chi connectivity index (χ4v) is 2.40. The first-order valence-corrected chi connectivity index (χ1v) is 7.47. The zero-order valence-electron chi connectivity index (χ0n) is 12.2. The van der Waals surface area contributed by atoms with Gasteiger partial charge in [0.25, 0.3) is 0 Å². The number of aromatic nitrogens is 2. The number of amides is 1. The normalized spacial score (nSPS) is 12.4. The van der Waals surface area contributed by atoms with Gasteiger partial charge in [0.1, 0.15) is 6.04 Å². The van der Waals surface area contributed by atoms with Crippen LogP contribution in [0.4, 0.5) is 0 Å². The minimum atomic E-state index is -0.904. The smallest absolute Gasteiger partial charge is 0.313 e. The Labute approximate surface area is 123 Å². The summed E-state index contributed by atoms with van der Waals surface area (Å²) in [6.07, 6.45) is 1.77. The molecule has 0 spiro atoms. The number of imidazole rings is 1. The molecule has 1 unspecified atom stereocenters. The number of carbonyl (C=O) groups excluding carboxylic acids is 1. The van der Waals surface area contributed by atoms with Gasteiger partial charge in [0, 0.05) is 12.7 Å². The largest absolute Gasteiger partial charge is 0.481 e. The van der Waals surface area contributed by atoms with E-state index in [-0.39, 0.29) is 11.7 Å². The topological polar surface area (TPSA) is 84.2 Å². The molecular weight excluding hydrogens is 278 g/mol. The molecular formula is C13H21N3O3S. The highest BCUT2D eigenvalue weighted by Crippen LogP contribution is 2.21. The van der Waals surface area contributed by atoms with Crippen molar-refractivity contribution in [3.63, 3.8) is 0 Å². The van der Waals surface area contributed by atoms with Gasteiger partial charge in [-0.05, 0) is 19.8 Å². The lowest BCUT2D eigenvalue weighted by molar-refractivity contribution is -0.133. The molecule has 7 heteroatoms. The molecule has 6 nitrogen and oxygen atoms in total. The number of carboxylic acids is 1. The maximum Gasteiger partial charge on any atom is 0.313 e. The van der Waals surface area contributed by atoms with Crippen LogP contribution in [-0.4, -0.2) is 38.8 Å². The second-order valence-corrected chi connectivity index (χ2v) is 6.01. The van der Waals surface area contributed by atoms with E-state index in [1.807, 2.05) is 20.8 Å². The van der Waals surface area contributed by atoms with Crippen molar-refractivity contribution >= 4 is 23.6 Å². The summed E-state index contributed by atoms with van der Waals surface area (Å²) >= 11 is 1.12. The molecule has 1 amide bonds. The summed E-state index contributed by atoms with van der Waals surface area (Å²) in [6.45, 7) is 8.27. The van der Waals surface area contributed by atoms with Gasteiger partial charge in [-0.25, -0.2) is 4.98 Å². The van der Waals surface area contributed by atoms with Crippen molar-refractivity contribution in [3.05, 3.63) is 11.9 Å². The Morgan fingerprint density at radius 1 is 1.45 bits per heavy atom. The van der Waals surface area contributed by atoms with Gasteiger partial charge in [-0.15, -0.1) is 0 Å². The molecule has 112 valence electrons. The first-order valence-electron chi connectivity index (χ1n) is 6.49. The third-order valence-electron chi connectivity index (χ3n) is 2.62. The van der Waals surface area contributed by atoms with Crippen LogP contribution in [-0.2, 0) is 9.59 Å². The molecule has 0 aromatic carbocycles. The molecule has 0 saturated heterocycles. The molecule has 1 atom stereocenters. The fraction of sp³-hybridized carbons (Fsp3) is 0.615. The Hall–Kier alpha value is -1.50. The summed E-state index contributed by atoms with van der Waals surface area (Å²) in [5.41, 5.74) is 0.765. The van der Waals surface area contributed by atoms with Crippen LogP contribution >= 0.6 is 11.8 Å². The van der Waals surface area contributed by atoms with Crippen molar-refractivity contribution in [3.8, 4) is 0 Å². The number of hydrogen-bond donors (Lipinski definition) is 2. The van der Waals surface area contributed by atoms with Crippen molar-refractivity contribution < 1.29 is 14.7 Å². The second-order valence-electron chi connectivity index (χ2n) is 5.07. The third-order valence-corrected chi connectivity index (χ3v) is 3.58. The average Bonchev–Trinajstić information content (AvgIpc) is 2.73. The predicted molar refractivity (Wildman–Crippen MR) is 77.9 cm³/mol.